The molecule has 1 unspecified atom stereocenters. The number of guanidine groups is 1. The molecule has 0 amide bonds. The molecule has 2 rings (SSSR count). The highest BCUT2D eigenvalue weighted by atomic mass is 127. The number of rotatable bonds is 9. The third-order valence-electron chi connectivity index (χ3n) is 4.91. The van der Waals surface area contributed by atoms with Crippen LogP contribution in [0.1, 0.15) is 52.4 Å². The van der Waals surface area contributed by atoms with E-state index >= 15 is 0 Å². The first kappa shape index (κ1) is 22.0. The maximum absolute atomic E-state index is 5.74. The quantitative estimate of drug-likeness (QED) is 0.244. The Morgan fingerprint density at radius 3 is 2.75 bits per heavy atom. The van der Waals surface area contributed by atoms with Gasteiger partial charge in [0.05, 0.1) is 13.2 Å². The van der Waals surface area contributed by atoms with Gasteiger partial charge in [0, 0.05) is 38.8 Å². The molecule has 0 bridgehead atoms. The monoisotopic (exact) mass is 453 g/mol. The zero-order chi connectivity index (χ0) is 16.4. The van der Waals surface area contributed by atoms with Crippen LogP contribution in [0.5, 0.6) is 0 Å². The fraction of sp³-hybridized carbons (Fsp3) is 0.944. The molecule has 2 N–H and O–H groups in total. The van der Waals surface area contributed by atoms with Crippen molar-refractivity contribution in [2.75, 3.05) is 46.1 Å². The summed E-state index contributed by atoms with van der Waals surface area (Å²) in [4.78, 5) is 4.79. The zero-order valence-corrected chi connectivity index (χ0v) is 17.8. The third kappa shape index (κ3) is 8.34. The minimum Gasteiger partial charge on any atom is -0.381 e. The molecule has 0 spiro atoms. The number of hydrogen-bond donors (Lipinski definition) is 2. The fourth-order valence-corrected chi connectivity index (χ4v) is 3.34. The zero-order valence-electron chi connectivity index (χ0n) is 15.4. The number of nitrogens with zero attached hydrogens (tertiary/aromatic N) is 1. The van der Waals surface area contributed by atoms with E-state index in [2.05, 4.69) is 24.5 Å². The van der Waals surface area contributed by atoms with Crippen LogP contribution in [0.25, 0.3) is 0 Å². The molecule has 0 aromatic heterocycles. The minimum absolute atomic E-state index is 0. The first-order chi connectivity index (χ1) is 11.2. The van der Waals surface area contributed by atoms with Crippen LogP contribution in [0.15, 0.2) is 4.99 Å². The van der Waals surface area contributed by atoms with Crippen molar-refractivity contribution in [2.45, 2.75) is 52.4 Å². The van der Waals surface area contributed by atoms with Crippen molar-refractivity contribution in [3.8, 4) is 0 Å². The summed E-state index contributed by atoms with van der Waals surface area (Å²) in [5.41, 5.74) is 0.412. The Morgan fingerprint density at radius 2 is 2.08 bits per heavy atom. The van der Waals surface area contributed by atoms with Gasteiger partial charge in [-0.3, -0.25) is 4.99 Å². The topological polar surface area (TPSA) is 54.9 Å². The Kier molecular flexibility index (Phi) is 11.3. The molecular weight excluding hydrogens is 417 g/mol. The number of halogens is 1. The predicted octanol–water partition coefficient (Wildman–Crippen LogP) is 3.18. The number of nitrogens with one attached hydrogen (secondary N) is 2. The summed E-state index contributed by atoms with van der Waals surface area (Å²) in [6.45, 7) is 10.6. The van der Waals surface area contributed by atoms with Crippen LogP contribution < -0.4 is 10.6 Å². The van der Waals surface area contributed by atoms with Gasteiger partial charge in [-0.05, 0) is 38.0 Å². The summed E-state index contributed by atoms with van der Waals surface area (Å²) < 4.78 is 11.1. The molecule has 1 aliphatic heterocycles. The van der Waals surface area contributed by atoms with Gasteiger partial charge in [0.15, 0.2) is 5.96 Å². The molecule has 1 saturated heterocycles. The molecule has 1 atom stereocenters. The molecule has 24 heavy (non-hydrogen) atoms. The first-order valence-electron chi connectivity index (χ1n) is 9.39. The van der Waals surface area contributed by atoms with Crippen LogP contribution in [0.2, 0.25) is 0 Å². The molecule has 6 heteroatoms. The Labute approximate surface area is 164 Å². The molecule has 1 saturated carbocycles. The third-order valence-corrected chi connectivity index (χ3v) is 4.91. The van der Waals surface area contributed by atoms with E-state index in [1.54, 1.807) is 0 Å². The average molecular weight is 453 g/mol. The Hall–Kier alpha value is -0.0800. The lowest BCUT2D eigenvalue weighted by Gasteiger charge is -2.21. The second-order valence-corrected chi connectivity index (χ2v) is 7.30. The molecular formula is C18H36IN3O2. The Balaban J connectivity index is 0.00000288. The average Bonchev–Trinajstić information content (AvgIpc) is 3.20. The summed E-state index contributed by atoms with van der Waals surface area (Å²) in [5.74, 6) is 1.55. The highest BCUT2D eigenvalue weighted by Gasteiger charge is 2.28. The lowest BCUT2D eigenvalue weighted by atomic mass is 9.89. The van der Waals surface area contributed by atoms with Crippen molar-refractivity contribution in [1.29, 1.82) is 0 Å². The normalized spacial score (nSPS) is 23.1. The molecule has 0 aromatic carbocycles. The summed E-state index contributed by atoms with van der Waals surface area (Å²) in [6, 6.07) is 0. The van der Waals surface area contributed by atoms with E-state index in [9.17, 15) is 0 Å². The molecule has 0 aromatic rings. The van der Waals surface area contributed by atoms with Gasteiger partial charge >= 0.3 is 0 Å². The van der Waals surface area contributed by atoms with E-state index in [4.69, 9.17) is 14.5 Å². The van der Waals surface area contributed by atoms with E-state index in [1.807, 2.05) is 0 Å². The van der Waals surface area contributed by atoms with Crippen LogP contribution in [0.3, 0.4) is 0 Å². The van der Waals surface area contributed by atoms with Crippen molar-refractivity contribution in [2.24, 2.45) is 16.3 Å². The van der Waals surface area contributed by atoms with Crippen LogP contribution in [-0.2, 0) is 9.47 Å². The number of ether oxygens (including phenoxy) is 2. The van der Waals surface area contributed by atoms with E-state index < -0.39 is 0 Å². The fourth-order valence-electron chi connectivity index (χ4n) is 3.34. The first-order valence-corrected chi connectivity index (χ1v) is 9.39. The largest absolute Gasteiger partial charge is 0.381 e. The van der Waals surface area contributed by atoms with Crippen LogP contribution in [0.4, 0.5) is 0 Å². The summed E-state index contributed by atoms with van der Waals surface area (Å²) in [6.07, 6.45) is 7.51. The smallest absolute Gasteiger partial charge is 0.191 e. The lowest BCUT2D eigenvalue weighted by Crippen LogP contribution is -2.39. The molecule has 1 aliphatic carbocycles. The van der Waals surface area contributed by atoms with Crippen molar-refractivity contribution in [3.05, 3.63) is 0 Å². The van der Waals surface area contributed by atoms with Gasteiger partial charge in [0.25, 0.3) is 0 Å². The summed E-state index contributed by atoms with van der Waals surface area (Å²) in [5, 5.41) is 6.77. The second kappa shape index (κ2) is 12.3. The van der Waals surface area contributed by atoms with Crippen LogP contribution in [0, 0.1) is 11.3 Å². The Morgan fingerprint density at radius 1 is 1.29 bits per heavy atom. The van der Waals surface area contributed by atoms with Crippen molar-refractivity contribution < 1.29 is 9.47 Å². The van der Waals surface area contributed by atoms with Crippen LogP contribution in [-0.4, -0.2) is 52.0 Å². The van der Waals surface area contributed by atoms with Gasteiger partial charge in [-0.1, -0.05) is 19.8 Å². The van der Waals surface area contributed by atoms with Crippen molar-refractivity contribution in [1.82, 2.24) is 10.6 Å². The van der Waals surface area contributed by atoms with Gasteiger partial charge in [0.1, 0.15) is 0 Å². The molecule has 2 fully saturated rings. The highest BCUT2D eigenvalue weighted by molar-refractivity contribution is 14.0. The SMILES string of the molecule is CCNC(=NCC1(C)CCCC1)NCCCOCC1CCOC1.I. The van der Waals surface area contributed by atoms with E-state index in [1.165, 1.54) is 25.7 Å². The van der Waals surface area contributed by atoms with Gasteiger partial charge in [-0.2, -0.15) is 0 Å². The maximum atomic E-state index is 5.74. The minimum atomic E-state index is 0. The van der Waals surface area contributed by atoms with E-state index in [0.29, 0.717) is 11.3 Å². The number of hydrogen-bond acceptors (Lipinski definition) is 3. The molecule has 1 heterocycles. The summed E-state index contributed by atoms with van der Waals surface area (Å²) in [7, 11) is 0. The standard InChI is InChI=1S/C18H35N3O2.HI/c1-3-19-17(21-15-18(2)8-4-5-9-18)20-10-6-11-22-13-16-7-12-23-14-16;/h16H,3-15H2,1-2H3,(H2,19,20,21);1H. The predicted molar refractivity (Wildman–Crippen MR) is 110 cm³/mol. The molecule has 142 valence electrons. The van der Waals surface area contributed by atoms with E-state index in [0.717, 1.165) is 64.9 Å². The van der Waals surface area contributed by atoms with Gasteiger partial charge in [-0.15, -0.1) is 24.0 Å². The number of aliphatic imine (C=N–C) groups is 1. The second-order valence-electron chi connectivity index (χ2n) is 7.30. The lowest BCUT2D eigenvalue weighted by molar-refractivity contribution is 0.0888. The molecule has 5 nitrogen and oxygen atoms in total. The van der Waals surface area contributed by atoms with Gasteiger partial charge in [-0.25, -0.2) is 0 Å². The van der Waals surface area contributed by atoms with Crippen molar-refractivity contribution in [3.63, 3.8) is 0 Å². The Bertz CT molecular complexity index is 354. The van der Waals surface area contributed by atoms with E-state index in [-0.39, 0.29) is 24.0 Å². The van der Waals surface area contributed by atoms with Gasteiger partial charge in [0.2, 0.25) is 0 Å². The highest BCUT2D eigenvalue weighted by Crippen LogP contribution is 2.37. The van der Waals surface area contributed by atoms with Crippen molar-refractivity contribution >= 4 is 29.9 Å². The molecule has 0 radical (unpaired) electrons. The summed E-state index contributed by atoms with van der Waals surface area (Å²) >= 11 is 0. The molecule has 2 aliphatic rings. The van der Waals surface area contributed by atoms with Crippen LogP contribution >= 0.6 is 24.0 Å². The maximum Gasteiger partial charge on any atom is 0.191 e. The van der Waals surface area contributed by atoms with Gasteiger partial charge < -0.3 is 20.1 Å².